The minimum absolute atomic E-state index is 0. The quantitative estimate of drug-likeness (QED) is 0.0618. The third-order valence-electron chi connectivity index (χ3n) is 14.6. The number of fused-ring (bicyclic) bond motifs is 3. The van der Waals surface area contributed by atoms with E-state index in [2.05, 4.69) is 56.3 Å². The third-order valence-corrected chi connectivity index (χ3v) is 14.6. The molecule has 0 unspecified atom stereocenters. The molecule has 1 amide bonds. The highest BCUT2D eigenvalue weighted by Crippen LogP contribution is 2.38. The number of amides is 1. The Morgan fingerprint density at radius 1 is 0.538 bits per heavy atom. The molecule has 494 valence electrons. The molecule has 3 aromatic carbocycles. The van der Waals surface area contributed by atoms with E-state index in [-0.39, 0.29) is 41.6 Å². The van der Waals surface area contributed by atoms with E-state index < -0.39 is 61.8 Å². The molecule has 0 saturated carbocycles. The van der Waals surface area contributed by atoms with Crippen molar-refractivity contribution < 1.29 is 63.0 Å². The Balaban J connectivity index is 0.000000197. The molecular weight excluding hydrogens is 1260 g/mol. The van der Waals surface area contributed by atoms with Crippen molar-refractivity contribution in [3.8, 4) is 56.7 Å². The molecule has 10 aromatic rings. The SMILES string of the molecule is COc1ccc(-c2c(C)nn3c(N[C@@H](CC#N)C(F)(F)F)cc(C)nc23)c(C)c1.COc1ccc(-c2c(C)nn3c(N[C@@H](CC(N)=O)C(F)(F)F)cc(C)nc23)c(C)c1.COc1ccc(-c2c(C)nn3c(N[C@@H](Cc4noc(C)n4)C(F)(F)F)cc(C)nc23)c(C)c1.Cl. The summed E-state index contributed by atoms with van der Waals surface area (Å²) in [4.78, 5) is 28.7. The number of anilines is 3. The number of primary amides is 1. The molecule has 5 N–H and O–H groups in total. The number of carbonyl (C=O) groups is 1. The number of nitrogens with one attached hydrogen (secondary N) is 3. The molecule has 0 aliphatic rings. The zero-order chi connectivity index (χ0) is 67.5. The number of nitrogens with two attached hydrogens (primary N) is 1. The van der Waals surface area contributed by atoms with Crippen LogP contribution in [0.3, 0.4) is 0 Å². The zero-order valence-electron chi connectivity index (χ0n) is 52.6. The Morgan fingerprint density at radius 3 is 1.15 bits per heavy atom. The number of benzene rings is 3. The molecule has 0 radical (unpaired) electrons. The number of ether oxygens (including phenoxy) is 3. The fraction of sp³-hybridized carbons (Fsp3) is 0.355. The second kappa shape index (κ2) is 28.3. The van der Waals surface area contributed by atoms with E-state index in [0.717, 1.165) is 44.5 Å². The van der Waals surface area contributed by atoms with Crippen LogP contribution in [-0.2, 0) is 11.2 Å². The molecule has 0 spiro atoms. The number of carbonyl (C=O) groups excluding carboxylic acids is 1. The molecular formula is C62H66ClF9N16O5. The van der Waals surface area contributed by atoms with E-state index >= 15 is 0 Å². The highest BCUT2D eigenvalue weighted by Gasteiger charge is 2.43. The Kier molecular flexibility index (Phi) is 21.5. The lowest BCUT2D eigenvalue weighted by Gasteiger charge is -2.22. The van der Waals surface area contributed by atoms with Crippen LogP contribution in [0.4, 0.5) is 57.0 Å². The fourth-order valence-corrected chi connectivity index (χ4v) is 10.3. The summed E-state index contributed by atoms with van der Waals surface area (Å²) in [7, 11) is 4.74. The zero-order valence-corrected chi connectivity index (χ0v) is 53.4. The van der Waals surface area contributed by atoms with Gasteiger partial charge in [0, 0.05) is 65.3 Å². The summed E-state index contributed by atoms with van der Waals surface area (Å²) in [5.41, 5.74) is 17.3. The summed E-state index contributed by atoms with van der Waals surface area (Å²) in [6.45, 7) is 17.7. The van der Waals surface area contributed by atoms with Crippen LogP contribution in [0.5, 0.6) is 17.2 Å². The van der Waals surface area contributed by atoms with Crippen molar-refractivity contribution in [1.82, 2.24) is 53.9 Å². The molecule has 3 atom stereocenters. The molecule has 7 heterocycles. The van der Waals surface area contributed by atoms with E-state index in [1.165, 1.54) is 38.7 Å². The molecule has 0 aliphatic carbocycles. The van der Waals surface area contributed by atoms with Gasteiger partial charge in [0.05, 0.1) is 57.3 Å². The Hall–Kier alpha value is -9.92. The molecule has 93 heavy (non-hydrogen) atoms. The average molecular weight is 1320 g/mol. The van der Waals surface area contributed by atoms with Crippen LogP contribution < -0.4 is 35.9 Å². The second-order valence-corrected chi connectivity index (χ2v) is 21.7. The molecule has 7 aromatic heterocycles. The van der Waals surface area contributed by atoms with Crippen LogP contribution in [0.25, 0.3) is 50.3 Å². The maximum atomic E-state index is 13.9. The number of aryl methyl sites for hydroxylation is 10. The summed E-state index contributed by atoms with van der Waals surface area (Å²) in [6.07, 6.45) is -15.9. The topological polar surface area (TPSA) is 260 Å². The van der Waals surface area contributed by atoms with Gasteiger partial charge in [0.15, 0.2) is 22.8 Å². The predicted octanol–water partition coefficient (Wildman–Crippen LogP) is 13.2. The Morgan fingerprint density at radius 2 is 0.871 bits per heavy atom. The second-order valence-electron chi connectivity index (χ2n) is 21.7. The molecule has 0 fully saturated rings. The van der Waals surface area contributed by atoms with Crippen molar-refractivity contribution in [3.05, 3.63) is 135 Å². The van der Waals surface area contributed by atoms with Gasteiger partial charge in [0.1, 0.15) is 52.8 Å². The molecule has 0 saturated heterocycles. The van der Waals surface area contributed by atoms with Crippen molar-refractivity contribution in [3.63, 3.8) is 0 Å². The first-order chi connectivity index (χ1) is 43.2. The number of methoxy groups -OCH3 is 3. The van der Waals surface area contributed by atoms with Crippen LogP contribution in [0, 0.1) is 80.6 Å². The average Bonchev–Trinajstić information content (AvgIpc) is 1.65. The molecule has 0 aliphatic heterocycles. The van der Waals surface area contributed by atoms with Gasteiger partial charge in [-0.15, -0.1) is 12.4 Å². The van der Waals surface area contributed by atoms with E-state index in [9.17, 15) is 44.3 Å². The largest absolute Gasteiger partial charge is 0.497 e. The number of halogens is 10. The van der Waals surface area contributed by atoms with Crippen LogP contribution in [0.1, 0.15) is 75.4 Å². The first-order valence-corrected chi connectivity index (χ1v) is 28.2. The fourth-order valence-electron chi connectivity index (χ4n) is 10.3. The van der Waals surface area contributed by atoms with Gasteiger partial charge in [-0.2, -0.15) is 78.6 Å². The van der Waals surface area contributed by atoms with Gasteiger partial charge >= 0.3 is 18.5 Å². The first kappa shape index (κ1) is 70.5. The smallest absolute Gasteiger partial charge is 0.409 e. The predicted molar refractivity (Wildman–Crippen MR) is 332 cm³/mol. The lowest BCUT2D eigenvalue weighted by molar-refractivity contribution is -0.149. The van der Waals surface area contributed by atoms with Gasteiger partial charge in [-0.3, -0.25) is 4.79 Å². The lowest BCUT2D eigenvalue weighted by atomic mass is 10.0. The summed E-state index contributed by atoms with van der Waals surface area (Å²) in [5, 5.41) is 33.1. The molecule has 21 nitrogen and oxygen atoms in total. The van der Waals surface area contributed by atoms with Gasteiger partial charge in [-0.1, -0.05) is 23.4 Å². The summed E-state index contributed by atoms with van der Waals surface area (Å²) < 4.78 is 146. The molecule has 31 heteroatoms. The van der Waals surface area contributed by atoms with Crippen molar-refractivity contribution in [2.45, 2.75) is 125 Å². The van der Waals surface area contributed by atoms with Crippen molar-refractivity contribution in [1.29, 1.82) is 5.26 Å². The van der Waals surface area contributed by atoms with E-state index in [0.29, 0.717) is 73.9 Å². The standard InChI is InChI=1S/C22H23F3N6O2.C20H22F3N5O2.C20H20F3N5O.ClH/c1-11-8-15(32-5)6-7-16(11)20-13(3)29-31-19(9-12(2)26-21(20)31)28-17(22(23,24)25)10-18-27-14(4)33-30-18;1-10-7-13(30-4)5-6-14(10)18-12(3)27-28-17(8-11(2)25-19(18)28)26-15(9-16(24)29)20(21,22)23;1-11-9-14(29-4)5-6-15(11)18-13(3)27-28-17(10-12(2)25-19(18)28)26-16(7-8-24)20(21,22)23;/h6-9,17,28H,10H2,1-5H3;5-8,15,26H,9H2,1-4H3,(H2,24,29);5-6,9-10,16,26H,7H2,1-4H3;1H/t17-;15-;16-;/m000./s1. The van der Waals surface area contributed by atoms with Gasteiger partial charge in [-0.25, -0.2) is 15.0 Å². The number of aromatic nitrogens is 11. The Labute approximate surface area is 533 Å². The van der Waals surface area contributed by atoms with Crippen molar-refractivity contribution >= 4 is 52.7 Å². The number of hydrogen-bond acceptors (Lipinski definition) is 17. The summed E-state index contributed by atoms with van der Waals surface area (Å²) in [6, 6.07) is 16.6. The van der Waals surface area contributed by atoms with Gasteiger partial charge in [0.25, 0.3) is 0 Å². The summed E-state index contributed by atoms with van der Waals surface area (Å²) in [5.74, 6) is 1.59. The van der Waals surface area contributed by atoms with Crippen LogP contribution >= 0.6 is 12.4 Å². The van der Waals surface area contributed by atoms with Crippen LogP contribution in [0.15, 0.2) is 77.3 Å². The minimum Gasteiger partial charge on any atom is -0.497 e. The highest BCUT2D eigenvalue weighted by molar-refractivity contribution is 5.86. The van der Waals surface area contributed by atoms with Gasteiger partial charge < -0.3 is 40.4 Å². The van der Waals surface area contributed by atoms with Crippen molar-refractivity contribution in [2.24, 2.45) is 5.73 Å². The molecule has 0 bridgehead atoms. The molecule has 10 rings (SSSR count). The van der Waals surface area contributed by atoms with Crippen LogP contribution in [-0.4, -0.2) is 118 Å². The Bertz CT molecular complexity index is 4400. The number of alkyl halides is 9. The van der Waals surface area contributed by atoms with Crippen molar-refractivity contribution in [2.75, 3.05) is 37.3 Å². The number of nitriles is 1. The first-order valence-electron chi connectivity index (χ1n) is 28.2. The van der Waals surface area contributed by atoms with E-state index in [1.807, 2.05) is 69.3 Å². The summed E-state index contributed by atoms with van der Waals surface area (Å²) >= 11 is 0. The normalized spacial score (nSPS) is 12.6. The van der Waals surface area contributed by atoms with Crippen LogP contribution in [0.2, 0.25) is 0 Å². The monoisotopic (exact) mass is 1320 g/mol. The van der Waals surface area contributed by atoms with Gasteiger partial charge in [-0.05, 0) is 132 Å². The number of rotatable bonds is 17. The third kappa shape index (κ3) is 16.1. The minimum atomic E-state index is -4.67. The van der Waals surface area contributed by atoms with Gasteiger partial charge in [0.2, 0.25) is 11.8 Å². The van der Waals surface area contributed by atoms with E-state index in [4.69, 9.17) is 29.7 Å². The lowest BCUT2D eigenvalue weighted by Crippen LogP contribution is -2.40. The maximum Gasteiger partial charge on any atom is 0.409 e. The maximum absolute atomic E-state index is 13.9. The number of hydrogen-bond donors (Lipinski definition) is 4. The highest BCUT2D eigenvalue weighted by atomic mass is 35.5. The number of nitrogens with zero attached hydrogens (tertiary/aromatic N) is 12. The van der Waals surface area contributed by atoms with E-state index in [1.54, 1.807) is 75.0 Å².